The molecule has 1 fully saturated rings. The second-order valence-corrected chi connectivity index (χ2v) is 6.46. The summed E-state index contributed by atoms with van der Waals surface area (Å²) in [6.45, 7) is 5.48. The van der Waals surface area contributed by atoms with Gasteiger partial charge in [-0.05, 0) is 6.07 Å². The summed E-state index contributed by atoms with van der Waals surface area (Å²) >= 11 is 0. The Morgan fingerprint density at radius 1 is 1.28 bits per heavy atom. The van der Waals surface area contributed by atoms with E-state index in [4.69, 9.17) is 4.74 Å². The second kappa shape index (κ2) is 6.29. The minimum absolute atomic E-state index is 0.102. The zero-order valence-corrected chi connectivity index (χ0v) is 14.2. The van der Waals surface area contributed by atoms with Gasteiger partial charge >= 0.3 is 0 Å². The van der Waals surface area contributed by atoms with E-state index in [1.54, 1.807) is 4.90 Å². The monoisotopic (exact) mass is 340 g/mol. The average molecular weight is 340 g/mol. The molecule has 8 heteroatoms. The number of benzene rings is 1. The summed E-state index contributed by atoms with van der Waals surface area (Å²) in [5.41, 5.74) is 1.30. The van der Waals surface area contributed by atoms with Crippen LogP contribution in [0.25, 0.3) is 10.9 Å². The van der Waals surface area contributed by atoms with Crippen molar-refractivity contribution in [1.29, 1.82) is 0 Å². The molecule has 0 aliphatic carbocycles. The topological polar surface area (TPSA) is 99.8 Å². The van der Waals surface area contributed by atoms with Crippen LogP contribution in [0.3, 0.4) is 0 Å². The van der Waals surface area contributed by atoms with Crippen LogP contribution in [0.1, 0.15) is 48.0 Å². The van der Waals surface area contributed by atoms with Crippen LogP contribution in [0, 0.1) is 0 Å². The Morgan fingerprint density at radius 2 is 2.12 bits per heavy atom. The molecule has 0 saturated carbocycles. The lowest BCUT2D eigenvalue weighted by Gasteiger charge is -2.31. The van der Waals surface area contributed by atoms with E-state index in [-0.39, 0.29) is 17.9 Å². The largest absolute Gasteiger partial charge is 0.367 e. The number of rotatable bonds is 3. The van der Waals surface area contributed by atoms with Crippen molar-refractivity contribution in [3.63, 3.8) is 0 Å². The van der Waals surface area contributed by atoms with Crippen LogP contribution in [0.2, 0.25) is 0 Å². The molecule has 2 aromatic heterocycles. The molecule has 3 aromatic rings. The number of ether oxygens (including phenoxy) is 1. The smallest absolute Gasteiger partial charge is 0.275 e. The Labute approximate surface area is 144 Å². The van der Waals surface area contributed by atoms with Crippen LogP contribution in [-0.2, 0) is 4.74 Å². The number of fused-ring (bicyclic) bond motifs is 1. The highest BCUT2D eigenvalue weighted by molar-refractivity contribution is 6.04. The number of aromatic nitrogens is 5. The molecular weight excluding hydrogens is 320 g/mol. The SMILES string of the molecule is CC(C)c1n[nH]c([C@H]2CN(C(=O)c3n[nH]c4ccccc34)CCO2)n1. The first-order chi connectivity index (χ1) is 12.1. The minimum Gasteiger partial charge on any atom is -0.367 e. The zero-order chi connectivity index (χ0) is 17.4. The Bertz CT molecular complexity index is 899. The van der Waals surface area contributed by atoms with Gasteiger partial charge in [-0.15, -0.1) is 0 Å². The lowest BCUT2D eigenvalue weighted by Crippen LogP contribution is -2.42. The van der Waals surface area contributed by atoms with Crippen molar-refractivity contribution < 1.29 is 9.53 Å². The van der Waals surface area contributed by atoms with Crippen molar-refractivity contribution >= 4 is 16.8 Å². The van der Waals surface area contributed by atoms with E-state index in [9.17, 15) is 4.79 Å². The van der Waals surface area contributed by atoms with E-state index >= 15 is 0 Å². The van der Waals surface area contributed by atoms with E-state index in [1.165, 1.54) is 0 Å². The number of carbonyl (C=O) groups is 1. The van der Waals surface area contributed by atoms with Crippen molar-refractivity contribution in [2.45, 2.75) is 25.9 Å². The van der Waals surface area contributed by atoms with E-state index in [0.29, 0.717) is 31.2 Å². The number of H-pyrrole nitrogens is 2. The zero-order valence-electron chi connectivity index (χ0n) is 14.2. The molecule has 130 valence electrons. The minimum atomic E-state index is -0.303. The van der Waals surface area contributed by atoms with Gasteiger partial charge in [0.1, 0.15) is 6.10 Å². The highest BCUT2D eigenvalue weighted by Gasteiger charge is 2.30. The van der Waals surface area contributed by atoms with Crippen LogP contribution in [0.4, 0.5) is 0 Å². The number of hydrogen-bond acceptors (Lipinski definition) is 5. The van der Waals surface area contributed by atoms with Gasteiger partial charge in [-0.1, -0.05) is 32.0 Å². The third-order valence-electron chi connectivity index (χ3n) is 4.37. The van der Waals surface area contributed by atoms with Crippen molar-refractivity contribution in [3.8, 4) is 0 Å². The summed E-state index contributed by atoms with van der Waals surface area (Å²) in [6.07, 6.45) is -0.303. The molecule has 25 heavy (non-hydrogen) atoms. The molecule has 0 radical (unpaired) electrons. The molecule has 1 aromatic carbocycles. The van der Waals surface area contributed by atoms with E-state index in [1.807, 2.05) is 38.1 Å². The standard InChI is InChI=1S/C17H20N6O2/c1-10(2)15-18-16(22-21-15)13-9-23(7-8-25-13)17(24)14-11-5-3-4-6-12(11)19-20-14/h3-6,10,13H,7-9H2,1-2H3,(H,19,20)(H,18,21,22)/t13-/m1/s1. The molecule has 0 spiro atoms. The summed E-state index contributed by atoms with van der Waals surface area (Å²) in [4.78, 5) is 19.2. The maximum atomic E-state index is 12.9. The van der Waals surface area contributed by atoms with Crippen LogP contribution in [0.15, 0.2) is 24.3 Å². The van der Waals surface area contributed by atoms with E-state index in [0.717, 1.165) is 16.7 Å². The van der Waals surface area contributed by atoms with Gasteiger partial charge in [-0.3, -0.25) is 15.0 Å². The third-order valence-corrected chi connectivity index (χ3v) is 4.37. The molecule has 1 atom stereocenters. The van der Waals surface area contributed by atoms with Gasteiger partial charge in [0.2, 0.25) is 0 Å². The number of carbonyl (C=O) groups excluding carboxylic acids is 1. The van der Waals surface area contributed by atoms with Gasteiger partial charge in [0.05, 0.1) is 18.7 Å². The molecule has 4 rings (SSSR count). The molecular formula is C17H20N6O2. The summed E-state index contributed by atoms with van der Waals surface area (Å²) in [7, 11) is 0. The van der Waals surface area contributed by atoms with Crippen molar-refractivity contribution in [2.75, 3.05) is 19.7 Å². The molecule has 1 amide bonds. The van der Waals surface area contributed by atoms with Gasteiger partial charge in [-0.25, -0.2) is 4.98 Å². The second-order valence-electron chi connectivity index (χ2n) is 6.46. The number of nitrogens with zero attached hydrogens (tertiary/aromatic N) is 4. The Kier molecular flexibility index (Phi) is 3.96. The van der Waals surface area contributed by atoms with Gasteiger partial charge in [-0.2, -0.15) is 10.2 Å². The molecule has 0 bridgehead atoms. The van der Waals surface area contributed by atoms with Crippen LogP contribution in [-0.4, -0.2) is 55.9 Å². The number of hydrogen-bond donors (Lipinski definition) is 2. The number of aromatic amines is 2. The highest BCUT2D eigenvalue weighted by atomic mass is 16.5. The van der Waals surface area contributed by atoms with Crippen LogP contribution >= 0.6 is 0 Å². The quantitative estimate of drug-likeness (QED) is 0.760. The number of nitrogens with one attached hydrogen (secondary N) is 2. The van der Waals surface area contributed by atoms with Crippen LogP contribution < -0.4 is 0 Å². The molecule has 1 aliphatic heterocycles. The molecule has 1 saturated heterocycles. The molecule has 2 N–H and O–H groups in total. The fourth-order valence-electron chi connectivity index (χ4n) is 2.97. The van der Waals surface area contributed by atoms with Crippen molar-refractivity contribution in [1.82, 2.24) is 30.3 Å². The number of amides is 1. The fraction of sp³-hybridized carbons (Fsp3) is 0.412. The predicted octanol–water partition coefficient (Wildman–Crippen LogP) is 2.02. The highest BCUT2D eigenvalue weighted by Crippen LogP contribution is 2.23. The lowest BCUT2D eigenvalue weighted by molar-refractivity contribution is -0.0268. The lowest BCUT2D eigenvalue weighted by atomic mass is 10.1. The summed E-state index contributed by atoms with van der Waals surface area (Å²) in [5.74, 6) is 1.55. The van der Waals surface area contributed by atoms with E-state index in [2.05, 4.69) is 25.4 Å². The first-order valence-electron chi connectivity index (χ1n) is 8.39. The van der Waals surface area contributed by atoms with Crippen molar-refractivity contribution in [2.24, 2.45) is 0 Å². The first kappa shape index (κ1) is 15.8. The summed E-state index contributed by atoms with van der Waals surface area (Å²) < 4.78 is 5.79. The van der Waals surface area contributed by atoms with Crippen LogP contribution in [0.5, 0.6) is 0 Å². The third kappa shape index (κ3) is 2.89. The molecule has 0 unspecified atom stereocenters. The van der Waals surface area contributed by atoms with Crippen molar-refractivity contribution in [3.05, 3.63) is 41.6 Å². The average Bonchev–Trinajstić information content (AvgIpc) is 3.28. The van der Waals surface area contributed by atoms with Gasteiger partial charge < -0.3 is 9.64 Å². The Balaban J connectivity index is 1.55. The maximum Gasteiger partial charge on any atom is 0.275 e. The molecule has 8 nitrogen and oxygen atoms in total. The fourth-order valence-corrected chi connectivity index (χ4v) is 2.97. The summed E-state index contributed by atoms with van der Waals surface area (Å²) in [6, 6.07) is 7.62. The van der Waals surface area contributed by atoms with Gasteiger partial charge in [0, 0.05) is 17.8 Å². The summed E-state index contributed by atoms with van der Waals surface area (Å²) in [5, 5.41) is 15.1. The number of morpholine rings is 1. The number of para-hydroxylation sites is 1. The van der Waals surface area contributed by atoms with Gasteiger partial charge in [0.25, 0.3) is 5.91 Å². The Morgan fingerprint density at radius 3 is 2.92 bits per heavy atom. The first-order valence-corrected chi connectivity index (χ1v) is 8.39. The maximum absolute atomic E-state index is 12.9. The predicted molar refractivity (Wildman–Crippen MR) is 91.2 cm³/mol. The molecule has 1 aliphatic rings. The van der Waals surface area contributed by atoms with E-state index < -0.39 is 0 Å². The van der Waals surface area contributed by atoms with Gasteiger partial charge in [0.15, 0.2) is 17.3 Å². The molecule has 3 heterocycles. The Hall–Kier alpha value is -2.74. The normalized spacial score (nSPS) is 18.2.